The van der Waals surface area contributed by atoms with Crippen LogP contribution in [0.3, 0.4) is 0 Å². The summed E-state index contributed by atoms with van der Waals surface area (Å²) in [6, 6.07) is 7.04. The minimum atomic E-state index is -0.562. The van der Waals surface area contributed by atoms with Crippen LogP contribution in [0.5, 0.6) is 0 Å². The molecule has 1 aromatic heterocycles. The zero-order valence-corrected chi connectivity index (χ0v) is 11.2. The van der Waals surface area contributed by atoms with Gasteiger partial charge in [-0.05, 0) is 12.1 Å². The van der Waals surface area contributed by atoms with Gasteiger partial charge in [0.1, 0.15) is 11.7 Å². The number of carbonyl (C=O) groups excluding carboxylic acids is 1. The van der Waals surface area contributed by atoms with Crippen LogP contribution < -0.4 is 11.3 Å². The van der Waals surface area contributed by atoms with E-state index in [0.29, 0.717) is 16.7 Å². The van der Waals surface area contributed by atoms with E-state index in [1.54, 1.807) is 31.3 Å². The number of benzene rings is 1. The van der Waals surface area contributed by atoms with Crippen molar-refractivity contribution >= 4 is 22.7 Å². The lowest BCUT2D eigenvalue weighted by Crippen LogP contribution is -2.26. The maximum atomic E-state index is 12.2. The van der Waals surface area contributed by atoms with Crippen molar-refractivity contribution in [2.24, 2.45) is 17.9 Å². The highest BCUT2D eigenvalue weighted by Gasteiger charge is 2.09. The Morgan fingerprint density at radius 2 is 2.15 bits per heavy atom. The SMILES string of the molecule is CC(=O)O/N=C(/N)Cc1nc2ccccc2c(=O)n1C. The molecule has 2 rings (SSSR count). The summed E-state index contributed by atoms with van der Waals surface area (Å²) < 4.78 is 1.40. The molecule has 0 atom stereocenters. The highest BCUT2D eigenvalue weighted by molar-refractivity contribution is 5.83. The number of oxime groups is 1. The average molecular weight is 274 g/mol. The van der Waals surface area contributed by atoms with Crippen molar-refractivity contribution < 1.29 is 9.63 Å². The molecule has 2 aromatic rings. The Bertz CT molecular complexity index is 749. The Hall–Kier alpha value is -2.70. The molecule has 1 aromatic carbocycles. The standard InChI is InChI=1S/C13H14N4O3/c1-8(18)20-16-11(14)7-12-15-10-6-4-3-5-9(10)13(19)17(12)2/h3-6H,7H2,1-2H3,(H2,14,16). The Morgan fingerprint density at radius 1 is 1.45 bits per heavy atom. The second kappa shape index (κ2) is 5.52. The van der Waals surface area contributed by atoms with Crippen LogP contribution in [0, 0.1) is 0 Å². The fourth-order valence-electron chi connectivity index (χ4n) is 1.74. The zero-order valence-electron chi connectivity index (χ0n) is 11.2. The van der Waals surface area contributed by atoms with E-state index in [1.165, 1.54) is 11.5 Å². The first kappa shape index (κ1) is 13.7. The van der Waals surface area contributed by atoms with Crippen LogP contribution in [0.15, 0.2) is 34.2 Å². The maximum Gasteiger partial charge on any atom is 0.332 e. The number of nitrogens with zero attached hydrogens (tertiary/aromatic N) is 3. The van der Waals surface area contributed by atoms with Crippen LogP contribution in [-0.4, -0.2) is 21.4 Å². The number of fused-ring (bicyclic) bond motifs is 1. The lowest BCUT2D eigenvalue weighted by molar-refractivity contribution is -0.140. The summed E-state index contributed by atoms with van der Waals surface area (Å²) in [6.45, 7) is 1.22. The molecule has 2 N–H and O–H groups in total. The Kier molecular flexibility index (Phi) is 3.79. The number of hydrogen-bond donors (Lipinski definition) is 1. The van der Waals surface area contributed by atoms with Gasteiger partial charge in [0.15, 0.2) is 0 Å². The van der Waals surface area contributed by atoms with Gasteiger partial charge in [-0.15, -0.1) is 0 Å². The molecular formula is C13H14N4O3. The van der Waals surface area contributed by atoms with E-state index < -0.39 is 5.97 Å². The third-order valence-corrected chi connectivity index (χ3v) is 2.71. The van der Waals surface area contributed by atoms with Gasteiger partial charge in [0, 0.05) is 14.0 Å². The van der Waals surface area contributed by atoms with Gasteiger partial charge in [-0.25, -0.2) is 9.78 Å². The molecule has 0 radical (unpaired) electrons. The van der Waals surface area contributed by atoms with E-state index in [9.17, 15) is 9.59 Å². The van der Waals surface area contributed by atoms with Gasteiger partial charge in [-0.2, -0.15) is 0 Å². The molecule has 0 amide bonds. The highest BCUT2D eigenvalue weighted by Crippen LogP contribution is 2.07. The molecule has 0 saturated heterocycles. The molecule has 0 unspecified atom stereocenters. The van der Waals surface area contributed by atoms with Crippen LogP contribution in [0.4, 0.5) is 0 Å². The molecule has 0 saturated carbocycles. The summed E-state index contributed by atoms with van der Waals surface area (Å²) in [5.74, 6) is -0.0478. The van der Waals surface area contributed by atoms with Crippen molar-refractivity contribution in [3.8, 4) is 0 Å². The second-order valence-electron chi connectivity index (χ2n) is 4.25. The summed E-state index contributed by atoms with van der Waals surface area (Å²) in [6.07, 6.45) is 0.115. The van der Waals surface area contributed by atoms with Gasteiger partial charge in [-0.3, -0.25) is 9.36 Å². The van der Waals surface area contributed by atoms with Crippen molar-refractivity contribution in [3.05, 3.63) is 40.4 Å². The molecule has 0 bridgehead atoms. The minimum Gasteiger partial charge on any atom is -0.384 e. The minimum absolute atomic E-state index is 0.0676. The maximum absolute atomic E-state index is 12.2. The van der Waals surface area contributed by atoms with Crippen LogP contribution in [0.25, 0.3) is 10.9 Å². The number of aromatic nitrogens is 2. The van der Waals surface area contributed by atoms with Gasteiger partial charge in [0.25, 0.3) is 5.56 Å². The molecule has 104 valence electrons. The third-order valence-electron chi connectivity index (χ3n) is 2.71. The molecule has 0 spiro atoms. The molecule has 0 aliphatic rings. The third kappa shape index (κ3) is 2.82. The number of para-hydroxylation sites is 1. The summed E-state index contributed by atoms with van der Waals surface area (Å²) >= 11 is 0. The molecule has 0 aliphatic heterocycles. The van der Waals surface area contributed by atoms with Gasteiger partial charge < -0.3 is 10.6 Å². The Labute approximate surface area is 114 Å². The van der Waals surface area contributed by atoms with Crippen LogP contribution >= 0.6 is 0 Å². The topological polar surface area (TPSA) is 99.6 Å². The number of rotatable bonds is 3. The van der Waals surface area contributed by atoms with Crippen molar-refractivity contribution in [1.29, 1.82) is 0 Å². The lowest BCUT2D eigenvalue weighted by atomic mass is 10.2. The zero-order chi connectivity index (χ0) is 14.7. The number of amidine groups is 1. The number of hydrogen-bond acceptors (Lipinski definition) is 5. The van der Waals surface area contributed by atoms with Gasteiger partial charge in [0.2, 0.25) is 0 Å². The molecule has 20 heavy (non-hydrogen) atoms. The van der Waals surface area contributed by atoms with Gasteiger partial charge >= 0.3 is 5.97 Å². The fourth-order valence-corrected chi connectivity index (χ4v) is 1.74. The Morgan fingerprint density at radius 3 is 2.85 bits per heavy atom. The fraction of sp³-hybridized carbons (Fsp3) is 0.231. The van der Waals surface area contributed by atoms with E-state index >= 15 is 0 Å². The second-order valence-corrected chi connectivity index (χ2v) is 4.25. The summed E-state index contributed by atoms with van der Waals surface area (Å²) in [5, 5.41) is 4.00. The largest absolute Gasteiger partial charge is 0.384 e. The Balaban J connectivity index is 2.40. The van der Waals surface area contributed by atoms with E-state index in [2.05, 4.69) is 15.0 Å². The molecule has 7 nitrogen and oxygen atoms in total. The smallest absolute Gasteiger partial charge is 0.332 e. The van der Waals surface area contributed by atoms with Crippen LogP contribution in [0.2, 0.25) is 0 Å². The molecule has 1 heterocycles. The van der Waals surface area contributed by atoms with E-state index in [1.807, 2.05) is 0 Å². The van der Waals surface area contributed by atoms with E-state index in [-0.39, 0.29) is 17.8 Å². The predicted molar refractivity (Wildman–Crippen MR) is 74.1 cm³/mol. The monoisotopic (exact) mass is 274 g/mol. The average Bonchev–Trinajstić information content (AvgIpc) is 2.42. The normalized spacial score (nSPS) is 11.6. The first-order chi connectivity index (χ1) is 9.49. The first-order valence-corrected chi connectivity index (χ1v) is 5.93. The number of carbonyl (C=O) groups is 1. The molecule has 0 fully saturated rings. The molecule has 7 heteroatoms. The van der Waals surface area contributed by atoms with Crippen molar-refractivity contribution in [3.63, 3.8) is 0 Å². The highest BCUT2D eigenvalue weighted by atomic mass is 16.7. The van der Waals surface area contributed by atoms with Crippen LogP contribution in [-0.2, 0) is 23.1 Å². The lowest BCUT2D eigenvalue weighted by Gasteiger charge is -2.08. The predicted octanol–water partition coefficient (Wildman–Crippen LogP) is 0.311. The van der Waals surface area contributed by atoms with E-state index in [4.69, 9.17) is 5.73 Å². The summed E-state index contributed by atoms with van der Waals surface area (Å²) in [5.41, 5.74) is 6.06. The quantitative estimate of drug-likeness (QED) is 0.376. The number of nitrogens with two attached hydrogens (primary N) is 1. The van der Waals surface area contributed by atoms with Crippen molar-refractivity contribution in [2.75, 3.05) is 0 Å². The van der Waals surface area contributed by atoms with Crippen molar-refractivity contribution in [2.45, 2.75) is 13.3 Å². The molecule has 0 aliphatic carbocycles. The van der Waals surface area contributed by atoms with Crippen LogP contribution in [0.1, 0.15) is 12.7 Å². The van der Waals surface area contributed by atoms with E-state index in [0.717, 1.165) is 0 Å². The molecular weight excluding hydrogens is 260 g/mol. The summed E-state index contributed by atoms with van der Waals surface area (Å²) in [7, 11) is 1.61. The first-order valence-electron chi connectivity index (χ1n) is 5.93. The van der Waals surface area contributed by atoms with Gasteiger partial charge in [-0.1, -0.05) is 17.3 Å². The summed E-state index contributed by atoms with van der Waals surface area (Å²) in [4.78, 5) is 31.6. The van der Waals surface area contributed by atoms with Crippen molar-refractivity contribution in [1.82, 2.24) is 9.55 Å². The van der Waals surface area contributed by atoms with Gasteiger partial charge in [0.05, 0.1) is 17.3 Å².